The largest absolute Gasteiger partial charge is 0.486 e. The first-order chi connectivity index (χ1) is 5.73. The lowest BCUT2D eigenvalue weighted by Gasteiger charge is -2.06. The van der Waals surface area contributed by atoms with Gasteiger partial charge in [-0.2, -0.15) is 4.89 Å². The lowest BCUT2D eigenvalue weighted by Crippen LogP contribution is -2.09. The second-order valence-corrected chi connectivity index (χ2v) is 4.66. The molecule has 0 unspecified atom stereocenters. The van der Waals surface area contributed by atoms with Gasteiger partial charge in [-0.05, 0) is 12.1 Å². The summed E-state index contributed by atoms with van der Waals surface area (Å²) in [5, 5.41) is 0.426. The van der Waals surface area contributed by atoms with Crippen molar-refractivity contribution in [1.82, 2.24) is 0 Å². The van der Waals surface area contributed by atoms with Crippen molar-refractivity contribution in [2.45, 2.75) is 0 Å². The van der Waals surface area contributed by atoms with Gasteiger partial charge in [0.1, 0.15) is 23.7 Å². The van der Waals surface area contributed by atoms with Crippen LogP contribution in [-0.4, -0.2) is 4.89 Å². The second-order valence-electron chi connectivity index (χ2n) is 1.99. The van der Waals surface area contributed by atoms with Crippen molar-refractivity contribution in [3.63, 3.8) is 0 Å². The smallest absolute Gasteiger partial charge is 0.186 e. The lowest BCUT2D eigenvalue weighted by atomic mass is 10.4. The molecule has 0 radical (unpaired) electrons. The van der Waals surface area contributed by atoms with Crippen LogP contribution in [0.25, 0.3) is 0 Å². The summed E-state index contributed by atoms with van der Waals surface area (Å²) >= 11 is 10.1. The molecule has 0 aliphatic rings. The van der Waals surface area contributed by atoms with Crippen LogP contribution in [0.2, 0.25) is 0 Å². The Bertz CT molecular complexity index is 240. The van der Waals surface area contributed by atoms with E-state index in [4.69, 9.17) is 23.7 Å². The van der Waals surface area contributed by atoms with Crippen molar-refractivity contribution in [3.05, 3.63) is 30.3 Å². The molecule has 12 heavy (non-hydrogen) atoms. The molecule has 0 aromatic heterocycles. The molecule has 0 aliphatic heterocycles. The van der Waals surface area contributed by atoms with Gasteiger partial charge in [0, 0.05) is 0 Å². The van der Waals surface area contributed by atoms with Gasteiger partial charge >= 0.3 is 7.94 Å². The Labute approximate surface area is 80.7 Å². The molecule has 0 heterocycles. The van der Waals surface area contributed by atoms with E-state index in [9.17, 15) is 4.89 Å². The Hall–Kier alpha value is 0.110. The van der Waals surface area contributed by atoms with Crippen LogP contribution in [0.3, 0.4) is 0 Å². The fourth-order valence-electron chi connectivity index (χ4n) is 0.707. The van der Waals surface area contributed by atoms with E-state index in [0.29, 0.717) is 5.30 Å². The number of halogens is 2. The van der Waals surface area contributed by atoms with Gasteiger partial charge in [-0.25, -0.2) is 0 Å². The molecule has 0 atom stereocenters. The molecule has 6 heteroatoms. The summed E-state index contributed by atoms with van der Waals surface area (Å²) in [6.45, 7) is 0. The van der Waals surface area contributed by atoms with E-state index in [0.717, 1.165) is 0 Å². The summed E-state index contributed by atoms with van der Waals surface area (Å²) in [7, 11) is -3.25. The fourth-order valence-corrected chi connectivity index (χ4v) is 2.17. The van der Waals surface area contributed by atoms with Gasteiger partial charge < -0.3 is 0 Å². The molecule has 1 aromatic carbocycles. The normalized spacial score (nSPS) is 11.6. The number of hydrogen-bond donors (Lipinski definition) is 1. The molecule has 1 N–H and O–H groups in total. The van der Waals surface area contributed by atoms with Crippen LogP contribution in [0.4, 0.5) is 0 Å². The third kappa shape index (κ3) is 2.07. The van der Waals surface area contributed by atoms with Gasteiger partial charge in [-0.3, -0.25) is 0 Å². The van der Waals surface area contributed by atoms with Crippen LogP contribution in [-0.2, 0) is 8.15 Å². The van der Waals surface area contributed by atoms with Crippen molar-refractivity contribution < 1.29 is 13.0 Å². The highest BCUT2D eigenvalue weighted by molar-refractivity contribution is 7.70. The predicted molar refractivity (Wildman–Crippen MR) is 49.1 cm³/mol. The third-order valence-electron chi connectivity index (χ3n) is 1.27. The van der Waals surface area contributed by atoms with Crippen LogP contribution in [0.1, 0.15) is 0 Å². The Morgan fingerprint density at radius 3 is 2.00 bits per heavy atom. The standard InChI is InChI=1S/C6H6Cl2O3P/c7-10-12(9,11-8)6-4-2-1-3-5-6/h1-5,9H/q+1. The molecule has 0 aliphatic carbocycles. The Morgan fingerprint density at radius 2 is 1.58 bits per heavy atom. The van der Waals surface area contributed by atoms with Gasteiger partial charge in [0.2, 0.25) is 0 Å². The minimum atomic E-state index is -3.25. The molecule has 1 aromatic rings. The number of benzene rings is 1. The first-order valence-corrected chi connectivity index (χ1v) is 5.20. The van der Waals surface area contributed by atoms with Gasteiger partial charge in [-0.1, -0.05) is 26.4 Å². The molecule has 3 nitrogen and oxygen atoms in total. The summed E-state index contributed by atoms with van der Waals surface area (Å²) in [6.07, 6.45) is 0. The monoisotopic (exact) mass is 227 g/mol. The maximum absolute atomic E-state index is 9.50. The fraction of sp³-hybridized carbons (Fsp3) is 0. The molecule has 0 spiro atoms. The highest BCUT2D eigenvalue weighted by atomic mass is 35.5. The molecule has 0 amide bonds. The summed E-state index contributed by atoms with van der Waals surface area (Å²) in [5.41, 5.74) is 0. The van der Waals surface area contributed by atoms with Crippen LogP contribution in [0.15, 0.2) is 30.3 Å². The highest BCUT2D eigenvalue weighted by Crippen LogP contribution is 2.57. The average molecular weight is 228 g/mol. The van der Waals surface area contributed by atoms with Gasteiger partial charge in [0.15, 0.2) is 5.30 Å². The van der Waals surface area contributed by atoms with Crippen molar-refractivity contribution in [2.24, 2.45) is 0 Å². The van der Waals surface area contributed by atoms with E-state index in [2.05, 4.69) is 8.15 Å². The number of rotatable bonds is 3. The van der Waals surface area contributed by atoms with Crippen LogP contribution in [0.5, 0.6) is 0 Å². The minimum absolute atomic E-state index is 0.426. The summed E-state index contributed by atoms with van der Waals surface area (Å²) < 4.78 is 8.52. The topological polar surface area (TPSA) is 38.7 Å². The SMILES string of the molecule is O[P+](OCl)(OCl)c1ccccc1. The molecule has 0 saturated heterocycles. The molecule has 0 saturated carbocycles. The molecular formula is C6H6Cl2O3P+. The van der Waals surface area contributed by atoms with E-state index in [1.54, 1.807) is 30.3 Å². The quantitative estimate of drug-likeness (QED) is 0.807. The highest BCUT2D eigenvalue weighted by Gasteiger charge is 2.45. The third-order valence-corrected chi connectivity index (χ3v) is 3.72. The summed E-state index contributed by atoms with van der Waals surface area (Å²) in [6, 6.07) is 8.44. The van der Waals surface area contributed by atoms with E-state index in [-0.39, 0.29) is 0 Å². The van der Waals surface area contributed by atoms with Crippen molar-refractivity contribution in [1.29, 1.82) is 0 Å². The van der Waals surface area contributed by atoms with E-state index in [1.165, 1.54) is 0 Å². The Kier molecular flexibility index (Phi) is 3.72. The van der Waals surface area contributed by atoms with Crippen LogP contribution < -0.4 is 5.30 Å². The maximum Gasteiger partial charge on any atom is 0.486 e. The first-order valence-electron chi connectivity index (χ1n) is 3.01. The summed E-state index contributed by atoms with van der Waals surface area (Å²) in [4.78, 5) is 9.50. The van der Waals surface area contributed by atoms with Gasteiger partial charge in [-0.15, -0.1) is 0 Å². The first kappa shape index (κ1) is 10.2. The van der Waals surface area contributed by atoms with E-state index < -0.39 is 7.94 Å². The predicted octanol–water partition coefficient (Wildman–Crippen LogP) is 2.41. The van der Waals surface area contributed by atoms with Crippen molar-refractivity contribution in [2.75, 3.05) is 0 Å². The molecule has 0 bridgehead atoms. The number of hydrogen-bond acceptors (Lipinski definition) is 3. The van der Waals surface area contributed by atoms with Crippen molar-refractivity contribution in [3.8, 4) is 0 Å². The molecule has 1 rings (SSSR count). The molecule has 66 valence electrons. The lowest BCUT2D eigenvalue weighted by molar-refractivity contribution is 0.392. The van der Waals surface area contributed by atoms with Crippen LogP contribution >= 0.6 is 31.7 Å². The van der Waals surface area contributed by atoms with Gasteiger partial charge in [0.25, 0.3) is 0 Å². The Balaban J connectivity index is 2.95. The Morgan fingerprint density at radius 1 is 1.08 bits per heavy atom. The zero-order valence-electron chi connectivity index (χ0n) is 5.85. The molecule has 0 fully saturated rings. The summed E-state index contributed by atoms with van der Waals surface area (Å²) in [5.74, 6) is 0. The van der Waals surface area contributed by atoms with E-state index in [1.807, 2.05) is 0 Å². The zero-order valence-corrected chi connectivity index (χ0v) is 8.26. The van der Waals surface area contributed by atoms with Gasteiger partial charge in [0.05, 0.1) is 0 Å². The zero-order chi connectivity index (χ0) is 9.03. The average Bonchev–Trinajstić information content (AvgIpc) is 2.18. The second kappa shape index (κ2) is 4.38. The van der Waals surface area contributed by atoms with E-state index >= 15 is 0 Å². The van der Waals surface area contributed by atoms with Crippen LogP contribution in [0, 0.1) is 0 Å². The van der Waals surface area contributed by atoms with Crippen molar-refractivity contribution >= 4 is 37.0 Å². The maximum atomic E-state index is 9.50. The molecular weight excluding hydrogens is 222 g/mol. The minimum Gasteiger partial charge on any atom is -0.186 e.